The van der Waals surface area contributed by atoms with Gasteiger partial charge in [0.25, 0.3) is 0 Å². The molecule has 1 aliphatic rings. The Labute approximate surface area is 60.6 Å². The van der Waals surface area contributed by atoms with Crippen molar-refractivity contribution in [1.29, 1.82) is 0 Å². The van der Waals surface area contributed by atoms with Gasteiger partial charge in [-0.2, -0.15) is 0 Å². The molecular weight excluding hydrogens is 138 g/mol. The van der Waals surface area contributed by atoms with Crippen LogP contribution in [-0.4, -0.2) is 25.1 Å². The summed E-state index contributed by atoms with van der Waals surface area (Å²) in [6.45, 7) is 4.82. The largest absolute Gasteiger partial charge is 0.372 e. The zero-order valence-corrected chi connectivity index (χ0v) is 6.10. The Morgan fingerprint density at radius 2 is 2.33 bits per heavy atom. The predicted molar refractivity (Wildman–Crippen MR) is 39.7 cm³/mol. The molecule has 0 saturated carbocycles. The summed E-state index contributed by atoms with van der Waals surface area (Å²) in [5.74, 6) is 0.667. The zero-order valence-electron chi connectivity index (χ0n) is 5.35. The Bertz CT molecular complexity index is 73.5. The summed E-state index contributed by atoms with van der Waals surface area (Å²) in [5, 5.41) is 0. The van der Waals surface area contributed by atoms with Gasteiger partial charge in [0.2, 0.25) is 0 Å². The van der Waals surface area contributed by atoms with Crippen molar-refractivity contribution in [2.75, 3.05) is 19.0 Å². The summed E-state index contributed by atoms with van der Waals surface area (Å²) in [4.78, 5) is 0. The second-order valence-corrected chi connectivity index (χ2v) is 1.94. The van der Waals surface area contributed by atoms with Crippen LogP contribution in [0.3, 0.4) is 0 Å². The maximum Gasteiger partial charge on any atom is 0.0944 e. The van der Waals surface area contributed by atoms with Crippen LogP contribution in [0, 0.1) is 0 Å². The lowest BCUT2D eigenvalue weighted by atomic mass is 10.6. The molecule has 2 nitrogen and oxygen atoms in total. The van der Waals surface area contributed by atoms with Gasteiger partial charge in [0.1, 0.15) is 0 Å². The smallest absolute Gasteiger partial charge is 0.0944 e. The molecule has 0 aromatic heterocycles. The van der Waals surface area contributed by atoms with E-state index in [1.165, 1.54) is 0 Å². The summed E-state index contributed by atoms with van der Waals surface area (Å²) in [6, 6.07) is 0. The van der Waals surface area contributed by atoms with Gasteiger partial charge in [-0.25, -0.2) is 0 Å². The molecule has 1 heterocycles. The van der Waals surface area contributed by atoms with E-state index in [-0.39, 0.29) is 0 Å². The van der Waals surface area contributed by atoms with E-state index in [0.29, 0.717) is 18.5 Å². The van der Waals surface area contributed by atoms with E-state index in [4.69, 9.17) is 22.1 Å². The van der Waals surface area contributed by atoms with Crippen molar-refractivity contribution in [3.05, 3.63) is 12.7 Å². The van der Waals surface area contributed by atoms with Crippen LogP contribution in [0.15, 0.2) is 12.7 Å². The summed E-state index contributed by atoms with van der Waals surface area (Å²) in [5.41, 5.74) is 4.91. The lowest BCUT2D eigenvalue weighted by Crippen LogP contribution is -1.90. The molecule has 0 amide bonds. The Morgan fingerprint density at radius 1 is 1.89 bits per heavy atom. The quantitative estimate of drug-likeness (QED) is 0.358. The van der Waals surface area contributed by atoms with Crippen LogP contribution in [0.1, 0.15) is 0 Å². The van der Waals surface area contributed by atoms with Gasteiger partial charge in [-0.15, -0.1) is 18.2 Å². The SMILES string of the molecule is C=CCN.ClCC1CO1. The Balaban J connectivity index is 0.000000148. The molecule has 0 radical (unpaired) electrons. The maximum atomic E-state index is 5.27. The van der Waals surface area contributed by atoms with Gasteiger partial charge >= 0.3 is 0 Å². The van der Waals surface area contributed by atoms with Crippen molar-refractivity contribution in [2.45, 2.75) is 6.10 Å². The first-order chi connectivity index (χ1) is 4.35. The van der Waals surface area contributed by atoms with Crippen LogP contribution in [0.2, 0.25) is 0 Å². The van der Waals surface area contributed by atoms with Crippen LogP contribution in [-0.2, 0) is 4.74 Å². The van der Waals surface area contributed by atoms with Gasteiger partial charge in [0, 0.05) is 6.54 Å². The van der Waals surface area contributed by atoms with Gasteiger partial charge in [-0.05, 0) is 0 Å². The summed E-state index contributed by atoms with van der Waals surface area (Å²) in [6.07, 6.45) is 2.05. The fourth-order valence-corrected chi connectivity index (χ4v) is 0.335. The van der Waals surface area contributed by atoms with Crippen molar-refractivity contribution < 1.29 is 4.74 Å². The monoisotopic (exact) mass is 149 g/mol. The van der Waals surface area contributed by atoms with Crippen LogP contribution in [0.5, 0.6) is 0 Å². The molecule has 0 aromatic rings. The van der Waals surface area contributed by atoms with Gasteiger partial charge in [0.15, 0.2) is 0 Å². The summed E-state index contributed by atoms with van der Waals surface area (Å²) in [7, 11) is 0. The highest BCUT2D eigenvalue weighted by molar-refractivity contribution is 6.18. The second-order valence-electron chi connectivity index (χ2n) is 1.63. The Kier molecular flexibility index (Phi) is 6.04. The molecule has 1 saturated heterocycles. The normalized spacial score (nSPS) is 21.8. The predicted octanol–water partition coefficient (Wildman–Crippen LogP) is 0.755. The number of nitrogens with two attached hydrogens (primary N) is 1. The second kappa shape index (κ2) is 6.08. The van der Waals surface area contributed by atoms with E-state index in [0.717, 1.165) is 6.61 Å². The third-order valence-corrected chi connectivity index (χ3v) is 1.09. The fourth-order valence-electron chi connectivity index (χ4n) is 0.157. The molecule has 0 spiro atoms. The van der Waals surface area contributed by atoms with Crippen molar-refractivity contribution in [2.24, 2.45) is 5.73 Å². The van der Waals surface area contributed by atoms with E-state index in [1.807, 2.05) is 0 Å². The first kappa shape index (κ1) is 8.95. The molecule has 0 bridgehead atoms. The van der Waals surface area contributed by atoms with Crippen LogP contribution in [0.4, 0.5) is 0 Å². The molecule has 3 heteroatoms. The lowest BCUT2D eigenvalue weighted by molar-refractivity contribution is 0.425. The van der Waals surface area contributed by atoms with Crippen molar-refractivity contribution in [1.82, 2.24) is 0 Å². The lowest BCUT2D eigenvalue weighted by Gasteiger charge is -1.67. The van der Waals surface area contributed by atoms with Gasteiger partial charge in [0.05, 0.1) is 18.6 Å². The Morgan fingerprint density at radius 3 is 2.33 bits per heavy atom. The minimum atomic E-state index is 0.400. The average molecular weight is 150 g/mol. The number of hydrogen-bond donors (Lipinski definition) is 1. The molecule has 1 rings (SSSR count). The Hall–Kier alpha value is -0.0500. The maximum absolute atomic E-state index is 5.27. The number of epoxide rings is 1. The summed E-state index contributed by atoms with van der Waals surface area (Å²) >= 11 is 5.27. The standard InChI is InChI=1S/C3H5ClO.C3H7N/c4-1-3-2-5-3;1-2-3-4/h3H,1-2H2;2H,1,3-4H2. The van der Waals surface area contributed by atoms with Crippen LogP contribution < -0.4 is 5.73 Å². The van der Waals surface area contributed by atoms with E-state index < -0.39 is 0 Å². The molecule has 1 atom stereocenters. The number of rotatable bonds is 2. The highest BCUT2D eigenvalue weighted by atomic mass is 35.5. The zero-order chi connectivity index (χ0) is 7.11. The van der Waals surface area contributed by atoms with Gasteiger partial charge < -0.3 is 10.5 Å². The van der Waals surface area contributed by atoms with E-state index in [2.05, 4.69) is 6.58 Å². The number of ether oxygens (including phenoxy) is 1. The minimum Gasteiger partial charge on any atom is -0.372 e. The van der Waals surface area contributed by atoms with Crippen molar-refractivity contribution >= 4 is 11.6 Å². The van der Waals surface area contributed by atoms with Gasteiger partial charge in [-0.3, -0.25) is 0 Å². The fraction of sp³-hybridized carbons (Fsp3) is 0.667. The van der Waals surface area contributed by atoms with E-state index >= 15 is 0 Å². The molecule has 9 heavy (non-hydrogen) atoms. The van der Waals surface area contributed by atoms with Gasteiger partial charge in [-0.1, -0.05) is 6.08 Å². The molecule has 1 fully saturated rings. The first-order valence-corrected chi connectivity index (χ1v) is 3.37. The van der Waals surface area contributed by atoms with Crippen molar-refractivity contribution in [3.8, 4) is 0 Å². The number of halogens is 1. The van der Waals surface area contributed by atoms with E-state index in [9.17, 15) is 0 Å². The minimum absolute atomic E-state index is 0.400. The average Bonchev–Trinajstić information content (AvgIpc) is 2.70. The van der Waals surface area contributed by atoms with Crippen molar-refractivity contribution in [3.63, 3.8) is 0 Å². The van der Waals surface area contributed by atoms with Crippen LogP contribution in [0.25, 0.3) is 0 Å². The number of alkyl halides is 1. The number of hydrogen-bond acceptors (Lipinski definition) is 2. The summed E-state index contributed by atoms with van der Waals surface area (Å²) < 4.78 is 4.73. The molecular formula is C6H12ClNO. The third-order valence-electron chi connectivity index (χ3n) is 0.741. The molecule has 1 aliphatic heterocycles. The molecule has 0 aliphatic carbocycles. The van der Waals surface area contributed by atoms with E-state index in [1.54, 1.807) is 6.08 Å². The molecule has 54 valence electrons. The first-order valence-electron chi connectivity index (χ1n) is 2.83. The highest BCUT2D eigenvalue weighted by Crippen LogP contribution is 2.08. The topological polar surface area (TPSA) is 38.5 Å². The third kappa shape index (κ3) is 7.95. The highest BCUT2D eigenvalue weighted by Gasteiger charge is 2.19. The molecule has 0 aromatic carbocycles. The molecule has 1 unspecified atom stereocenters. The molecule has 2 N–H and O–H groups in total. The van der Waals surface area contributed by atoms with Crippen LogP contribution >= 0.6 is 11.6 Å².